The Labute approximate surface area is 139 Å². The van der Waals surface area contributed by atoms with Crippen molar-refractivity contribution >= 4 is 5.91 Å². The number of carbonyl (C=O) groups is 1. The molecule has 4 heteroatoms. The minimum absolute atomic E-state index is 0.0235. The van der Waals surface area contributed by atoms with Gasteiger partial charge in [-0.25, -0.2) is 0 Å². The van der Waals surface area contributed by atoms with E-state index in [0.29, 0.717) is 31.2 Å². The highest BCUT2D eigenvalue weighted by Crippen LogP contribution is 2.25. The molecule has 0 aliphatic heterocycles. The summed E-state index contributed by atoms with van der Waals surface area (Å²) in [6.07, 6.45) is 5.44. The number of nitrogens with one attached hydrogen (secondary N) is 2. The van der Waals surface area contributed by atoms with Gasteiger partial charge in [0.25, 0.3) is 0 Å². The summed E-state index contributed by atoms with van der Waals surface area (Å²) in [4.78, 5) is 10.9. The Balaban J connectivity index is 1.78. The van der Waals surface area contributed by atoms with Crippen molar-refractivity contribution in [1.82, 2.24) is 10.6 Å². The third-order valence-corrected chi connectivity index (χ3v) is 4.86. The van der Waals surface area contributed by atoms with Crippen LogP contribution in [0.4, 0.5) is 0 Å². The van der Waals surface area contributed by atoms with Gasteiger partial charge in [-0.1, -0.05) is 24.3 Å². The van der Waals surface area contributed by atoms with E-state index in [1.165, 1.54) is 11.1 Å². The number of benzene rings is 1. The molecule has 4 nitrogen and oxygen atoms in total. The molecule has 1 amide bonds. The monoisotopic (exact) mass is 318 g/mol. The van der Waals surface area contributed by atoms with Crippen LogP contribution in [-0.4, -0.2) is 30.2 Å². The van der Waals surface area contributed by atoms with E-state index >= 15 is 0 Å². The third kappa shape index (κ3) is 5.96. The number of hydrogen-bond donors (Lipinski definition) is 3. The number of carbonyl (C=O) groups excluding carboxylic acids is 1. The average molecular weight is 318 g/mol. The third-order valence-electron chi connectivity index (χ3n) is 4.86. The molecule has 128 valence electrons. The molecule has 0 radical (unpaired) electrons. The molecule has 1 unspecified atom stereocenters. The van der Waals surface area contributed by atoms with Gasteiger partial charge in [0.05, 0.1) is 0 Å². The van der Waals surface area contributed by atoms with E-state index in [0.717, 1.165) is 32.1 Å². The predicted molar refractivity (Wildman–Crippen MR) is 93.2 cm³/mol. The Bertz CT molecular complexity index is 479. The van der Waals surface area contributed by atoms with Crippen LogP contribution >= 0.6 is 0 Å². The van der Waals surface area contributed by atoms with Crippen LogP contribution in [0.3, 0.4) is 0 Å². The van der Waals surface area contributed by atoms with Crippen LogP contribution in [0.5, 0.6) is 0 Å². The molecular formula is C19H30N2O2. The fourth-order valence-corrected chi connectivity index (χ4v) is 3.32. The molecule has 0 saturated heterocycles. The highest BCUT2D eigenvalue weighted by molar-refractivity contribution is 5.72. The molecule has 1 aliphatic rings. The van der Waals surface area contributed by atoms with Crippen molar-refractivity contribution < 1.29 is 9.90 Å². The van der Waals surface area contributed by atoms with Crippen molar-refractivity contribution in [3.05, 3.63) is 35.4 Å². The summed E-state index contributed by atoms with van der Waals surface area (Å²) >= 11 is 0. The lowest BCUT2D eigenvalue weighted by atomic mass is 9.86. The highest BCUT2D eigenvalue weighted by Gasteiger charge is 2.21. The molecular weight excluding hydrogens is 288 g/mol. The normalized spacial score (nSPS) is 22.6. The van der Waals surface area contributed by atoms with Crippen molar-refractivity contribution in [2.24, 2.45) is 5.92 Å². The number of hydrogen-bond acceptors (Lipinski definition) is 3. The van der Waals surface area contributed by atoms with Crippen molar-refractivity contribution in [3.8, 4) is 0 Å². The largest absolute Gasteiger partial charge is 0.396 e. The number of rotatable bonds is 7. The second-order valence-electron chi connectivity index (χ2n) is 6.76. The smallest absolute Gasteiger partial charge is 0.216 e. The lowest BCUT2D eigenvalue weighted by Gasteiger charge is -2.30. The zero-order valence-electron chi connectivity index (χ0n) is 14.3. The highest BCUT2D eigenvalue weighted by atomic mass is 16.3. The fraction of sp³-hybridized carbons (Fsp3) is 0.632. The summed E-state index contributed by atoms with van der Waals surface area (Å²) < 4.78 is 0. The lowest BCUT2D eigenvalue weighted by molar-refractivity contribution is -0.118. The second kappa shape index (κ2) is 9.04. The maximum absolute atomic E-state index is 10.9. The first-order valence-electron chi connectivity index (χ1n) is 8.78. The SMILES string of the molecule is CC(=O)NCCc1ccc(C(C)NC2CCC(CO)CC2)cc1. The Morgan fingerprint density at radius 2 is 1.87 bits per heavy atom. The van der Waals surface area contributed by atoms with E-state index in [2.05, 4.69) is 41.8 Å². The minimum atomic E-state index is 0.0235. The van der Waals surface area contributed by atoms with Crippen molar-refractivity contribution in [2.75, 3.05) is 13.2 Å². The molecule has 0 bridgehead atoms. The molecule has 1 aromatic carbocycles. The zero-order chi connectivity index (χ0) is 16.7. The Kier molecular flexibility index (Phi) is 7.06. The Morgan fingerprint density at radius 1 is 1.22 bits per heavy atom. The number of aliphatic hydroxyl groups is 1. The molecule has 0 heterocycles. The van der Waals surface area contributed by atoms with E-state index in [4.69, 9.17) is 0 Å². The van der Waals surface area contributed by atoms with Gasteiger partial charge in [0.1, 0.15) is 0 Å². The first-order valence-corrected chi connectivity index (χ1v) is 8.78. The first-order chi connectivity index (χ1) is 11.1. The van der Waals surface area contributed by atoms with Gasteiger partial charge in [-0.05, 0) is 56.1 Å². The Morgan fingerprint density at radius 3 is 2.43 bits per heavy atom. The van der Waals surface area contributed by atoms with Gasteiger partial charge >= 0.3 is 0 Å². The van der Waals surface area contributed by atoms with Crippen LogP contribution in [0.1, 0.15) is 56.7 Å². The van der Waals surface area contributed by atoms with Gasteiger partial charge in [-0.3, -0.25) is 4.79 Å². The number of amides is 1. The van der Waals surface area contributed by atoms with E-state index in [-0.39, 0.29) is 5.91 Å². The fourth-order valence-electron chi connectivity index (χ4n) is 3.32. The van der Waals surface area contributed by atoms with Crippen molar-refractivity contribution in [2.45, 2.75) is 58.0 Å². The van der Waals surface area contributed by atoms with Gasteiger partial charge < -0.3 is 15.7 Å². The molecule has 1 atom stereocenters. The summed E-state index contributed by atoms with van der Waals surface area (Å²) in [5, 5.41) is 15.8. The van der Waals surface area contributed by atoms with E-state index in [1.54, 1.807) is 6.92 Å². The van der Waals surface area contributed by atoms with Gasteiger partial charge in [0, 0.05) is 32.2 Å². The van der Waals surface area contributed by atoms with Crippen LogP contribution in [0.25, 0.3) is 0 Å². The molecule has 23 heavy (non-hydrogen) atoms. The van der Waals surface area contributed by atoms with Crippen LogP contribution in [0.15, 0.2) is 24.3 Å². The van der Waals surface area contributed by atoms with Crippen LogP contribution in [0, 0.1) is 5.92 Å². The van der Waals surface area contributed by atoms with Gasteiger partial charge in [-0.2, -0.15) is 0 Å². The summed E-state index contributed by atoms with van der Waals surface area (Å²) in [5.41, 5.74) is 2.55. The molecule has 3 N–H and O–H groups in total. The second-order valence-corrected chi connectivity index (χ2v) is 6.76. The van der Waals surface area contributed by atoms with E-state index in [1.807, 2.05) is 0 Å². The topological polar surface area (TPSA) is 61.4 Å². The summed E-state index contributed by atoms with van der Waals surface area (Å²) in [7, 11) is 0. The first kappa shape index (κ1) is 18.0. The van der Waals surface area contributed by atoms with Crippen LogP contribution in [-0.2, 0) is 11.2 Å². The Hall–Kier alpha value is -1.39. The van der Waals surface area contributed by atoms with Crippen molar-refractivity contribution in [3.63, 3.8) is 0 Å². The lowest BCUT2D eigenvalue weighted by Crippen LogP contribution is -2.35. The van der Waals surface area contributed by atoms with Gasteiger partial charge in [0.15, 0.2) is 0 Å². The maximum Gasteiger partial charge on any atom is 0.216 e. The molecule has 0 spiro atoms. The molecule has 1 fully saturated rings. The minimum Gasteiger partial charge on any atom is -0.396 e. The standard InChI is InChI=1S/C19H30N2O2/c1-14(21-19-9-5-17(13-22)6-10-19)18-7-3-16(4-8-18)11-12-20-15(2)23/h3-4,7-8,14,17,19,21-22H,5-6,9-13H2,1-2H3,(H,20,23). The van der Waals surface area contributed by atoms with Gasteiger partial charge in [-0.15, -0.1) is 0 Å². The maximum atomic E-state index is 10.9. The zero-order valence-corrected chi connectivity index (χ0v) is 14.3. The van der Waals surface area contributed by atoms with E-state index in [9.17, 15) is 9.90 Å². The molecule has 1 aliphatic carbocycles. The van der Waals surface area contributed by atoms with Gasteiger partial charge in [0.2, 0.25) is 5.91 Å². The molecule has 1 aromatic rings. The molecule has 0 aromatic heterocycles. The predicted octanol–water partition coefficient (Wildman–Crippen LogP) is 2.57. The quantitative estimate of drug-likeness (QED) is 0.724. The van der Waals surface area contributed by atoms with Crippen molar-refractivity contribution in [1.29, 1.82) is 0 Å². The molecule has 2 rings (SSSR count). The summed E-state index contributed by atoms with van der Waals surface area (Å²) in [6.45, 7) is 4.79. The van der Waals surface area contributed by atoms with Crippen LogP contribution < -0.4 is 10.6 Å². The van der Waals surface area contributed by atoms with Crippen LogP contribution in [0.2, 0.25) is 0 Å². The average Bonchev–Trinajstić information content (AvgIpc) is 2.56. The summed E-state index contributed by atoms with van der Waals surface area (Å²) in [5.74, 6) is 0.529. The summed E-state index contributed by atoms with van der Waals surface area (Å²) in [6, 6.07) is 9.57. The molecule has 1 saturated carbocycles. The number of aliphatic hydroxyl groups excluding tert-OH is 1. The van der Waals surface area contributed by atoms with E-state index < -0.39 is 0 Å².